The number of carboxylic acid groups (broad SMARTS) is 1. The van der Waals surface area contributed by atoms with Gasteiger partial charge in [0, 0.05) is 0 Å². The van der Waals surface area contributed by atoms with Gasteiger partial charge in [0.1, 0.15) is 0 Å². The Morgan fingerprint density at radius 3 is 1.88 bits per heavy atom. The molecule has 0 unspecified atom stereocenters. The molecule has 0 aliphatic carbocycles. The summed E-state index contributed by atoms with van der Waals surface area (Å²) in [5, 5.41) is 8.77. The van der Waals surface area contributed by atoms with Crippen LogP contribution in [0, 0.1) is 0 Å². The normalized spacial score (nSPS) is 10.6. The minimum Gasteiger partial charge on any atom is -0.478 e. The molecule has 0 atom stereocenters. The number of rotatable bonds is 3. The van der Waals surface area contributed by atoms with E-state index in [1.807, 2.05) is 42.5 Å². The second-order valence-electron chi connectivity index (χ2n) is 3.67. The minimum atomic E-state index is -0.899. The van der Waals surface area contributed by atoms with E-state index < -0.39 is 5.97 Å². The van der Waals surface area contributed by atoms with Crippen LogP contribution in [0.3, 0.4) is 0 Å². The number of carboxylic acids is 1. The van der Waals surface area contributed by atoms with Gasteiger partial charge in [0.05, 0.1) is 5.56 Å². The summed E-state index contributed by atoms with van der Waals surface area (Å²) in [5.41, 5.74) is 2.41. The molecule has 2 aromatic carbocycles. The van der Waals surface area contributed by atoms with Crippen molar-refractivity contribution in [1.82, 2.24) is 0 Å². The van der Waals surface area contributed by atoms with E-state index in [1.54, 1.807) is 24.3 Å². The molecule has 17 heavy (non-hydrogen) atoms. The van der Waals surface area contributed by atoms with Crippen LogP contribution >= 0.6 is 0 Å². The lowest BCUT2D eigenvalue weighted by Crippen LogP contribution is -1.94. The predicted octanol–water partition coefficient (Wildman–Crippen LogP) is 3.56. The summed E-state index contributed by atoms with van der Waals surface area (Å²) >= 11 is 0. The highest BCUT2D eigenvalue weighted by Gasteiger charge is 1.99. The highest BCUT2D eigenvalue weighted by molar-refractivity contribution is 5.88. The zero-order chi connectivity index (χ0) is 12.1. The summed E-state index contributed by atoms with van der Waals surface area (Å²) in [6.07, 6.45) is 3.96. The molecule has 0 spiro atoms. The number of hydrogen-bond donors (Lipinski definition) is 1. The molecule has 2 nitrogen and oxygen atoms in total. The highest BCUT2D eigenvalue weighted by atomic mass is 16.4. The number of hydrogen-bond acceptors (Lipinski definition) is 1. The van der Waals surface area contributed by atoms with Crippen molar-refractivity contribution in [3.05, 3.63) is 71.3 Å². The van der Waals surface area contributed by atoms with Gasteiger partial charge in [-0.05, 0) is 23.3 Å². The lowest BCUT2D eigenvalue weighted by molar-refractivity contribution is 0.0697. The van der Waals surface area contributed by atoms with Gasteiger partial charge in [-0.25, -0.2) is 4.79 Å². The maximum Gasteiger partial charge on any atom is 0.335 e. The molecule has 0 radical (unpaired) electrons. The second kappa shape index (κ2) is 5.12. The van der Waals surface area contributed by atoms with Crippen LogP contribution < -0.4 is 0 Å². The second-order valence-corrected chi connectivity index (χ2v) is 3.67. The van der Waals surface area contributed by atoms with Crippen LogP contribution in [0.5, 0.6) is 0 Å². The SMILES string of the molecule is O=C(O)c1ccc(/C=C\c2ccccc2)cc1. The molecule has 0 bridgehead atoms. The summed E-state index contributed by atoms with van der Waals surface area (Å²) in [6.45, 7) is 0. The molecule has 0 fully saturated rings. The summed E-state index contributed by atoms with van der Waals surface area (Å²) in [4.78, 5) is 10.7. The number of carbonyl (C=O) groups is 1. The molecule has 0 saturated heterocycles. The molecule has 0 saturated carbocycles. The maximum absolute atomic E-state index is 10.7. The third-order valence-electron chi connectivity index (χ3n) is 2.43. The zero-order valence-corrected chi connectivity index (χ0v) is 9.21. The Balaban J connectivity index is 2.14. The fourth-order valence-electron chi connectivity index (χ4n) is 1.49. The fourth-order valence-corrected chi connectivity index (χ4v) is 1.49. The van der Waals surface area contributed by atoms with Crippen LogP contribution in [-0.2, 0) is 0 Å². The average molecular weight is 224 g/mol. The van der Waals surface area contributed by atoms with Gasteiger partial charge in [-0.3, -0.25) is 0 Å². The largest absolute Gasteiger partial charge is 0.478 e. The van der Waals surface area contributed by atoms with Gasteiger partial charge in [0.15, 0.2) is 0 Å². The van der Waals surface area contributed by atoms with Crippen LogP contribution in [-0.4, -0.2) is 11.1 Å². The highest BCUT2D eigenvalue weighted by Crippen LogP contribution is 2.09. The molecule has 2 rings (SSSR count). The van der Waals surface area contributed by atoms with Gasteiger partial charge >= 0.3 is 5.97 Å². The topological polar surface area (TPSA) is 37.3 Å². The molecule has 0 aliphatic heterocycles. The Labute approximate surface area is 99.8 Å². The molecule has 2 aromatic rings. The third-order valence-corrected chi connectivity index (χ3v) is 2.43. The smallest absolute Gasteiger partial charge is 0.335 e. The lowest BCUT2D eigenvalue weighted by atomic mass is 10.1. The van der Waals surface area contributed by atoms with E-state index in [0.717, 1.165) is 11.1 Å². The van der Waals surface area contributed by atoms with Crippen LogP contribution in [0.1, 0.15) is 21.5 Å². The van der Waals surface area contributed by atoms with Gasteiger partial charge in [0.2, 0.25) is 0 Å². The first-order valence-electron chi connectivity index (χ1n) is 5.32. The maximum atomic E-state index is 10.7. The zero-order valence-electron chi connectivity index (χ0n) is 9.21. The summed E-state index contributed by atoms with van der Waals surface area (Å²) in [5.74, 6) is -0.899. The quantitative estimate of drug-likeness (QED) is 0.809. The molecule has 0 aliphatic rings. The van der Waals surface area contributed by atoms with Gasteiger partial charge < -0.3 is 5.11 Å². The molecule has 0 heterocycles. The number of aromatic carboxylic acids is 1. The first-order valence-corrected chi connectivity index (χ1v) is 5.32. The van der Waals surface area contributed by atoms with Crippen molar-refractivity contribution < 1.29 is 9.90 Å². The summed E-state index contributed by atoms with van der Waals surface area (Å²) in [7, 11) is 0. The van der Waals surface area contributed by atoms with E-state index in [-0.39, 0.29) is 0 Å². The van der Waals surface area contributed by atoms with E-state index in [2.05, 4.69) is 0 Å². The first kappa shape index (κ1) is 11.1. The molecule has 84 valence electrons. The molecular weight excluding hydrogens is 212 g/mol. The summed E-state index contributed by atoms with van der Waals surface area (Å²) in [6, 6.07) is 16.8. The predicted molar refractivity (Wildman–Crippen MR) is 68.8 cm³/mol. The fraction of sp³-hybridized carbons (Fsp3) is 0. The Morgan fingerprint density at radius 1 is 0.824 bits per heavy atom. The lowest BCUT2D eigenvalue weighted by Gasteiger charge is -1.96. The Bertz CT molecular complexity index is 525. The Kier molecular flexibility index (Phi) is 3.36. The van der Waals surface area contributed by atoms with E-state index in [4.69, 9.17) is 5.11 Å². The third kappa shape index (κ3) is 3.05. The standard InChI is InChI=1S/C15H12O2/c16-15(17)14-10-8-13(9-11-14)7-6-12-4-2-1-3-5-12/h1-11H,(H,16,17)/b7-6-. The van der Waals surface area contributed by atoms with Gasteiger partial charge in [0.25, 0.3) is 0 Å². The monoisotopic (exact) mass is 224 g/mol. The molecular formula is C15H12O2. The van der Waals surface area contributed by atoms with Gasteiger partial charge in [-0.15, -0.1) is 0 Å². The van der Waals surface area contributed by atoms with Crippen LogP contribution in [0.4, 0.5) is 0 Å². The van der Waals surface area contributed by atoms with Crippen molar-refractivity contribution in [3.63, 3.8) is 0 Å². The molecule has 2 heteroatoms. The average Bonchev–Trinajstić information content (AvgIpc) is 2.38. The minimum absolute atomic E-state index is 0.307. The van der Waals surface area contributed by atoms with E-state index in [0.29, 0.717) is 5.56 Å². The Morgan fingerprint density at radius 2 is 1.35 bits per heavy atom. The van der Waals surface area contributed by atoms with Crippen molar-refractivity contribution in [1.29, 1.82) is 0 Å². The van der Waals surface area contributed by atoms with Crippen LogP contribution in [0.15, 0.2) is 54.6 Å². The molecule has 0 amide bonds. The van der Waals surface area contributed by atoms with Crippen molar-refractivity contribution in [2.45, 2.75) is 0 Å². The van der Waals surface area contributed by atoms with Crippen molar-refractivity contribution in [2.24, 2.45) is 0 Å². The van der Waals surface area contributed by atoms with Crippen molar-refractivity contribution in [3.8, 4) is 0 Å². The van der Waals surface area contributed by atoms with Gasteiger partial charge in [-0.1, -0.05) is 54.6 Å². The van der Waals surface area contributed by atoms with Crippen LogP contribution in [0.2, 0.25) is 0 Å². The molecule has 1 N–H and O–H groups in total. The van der Waals surface area contributed by atoms with Crippen molar-refractivity contribution in [2.75, 3.05) is 0 Å². The van der Waals surface area contributed by atoms with E-state index >= 15 is 0 Å². The van der Waals surface area contributed by atoms with Crippen molar-refractivity contribution >= 4 is 18.1 Å². The first-order chi connectivity index (χ1) is 8.25. The van der Waals surface area contributed by atoms with Crippen LogP contribution in [0.25, 0.3) is 12.2 Å². The van der Waals surface area contributed by atoms with E-state index in [1.165, 1.54) is 0 Å². The molecule has 0 aromatic heterocycles. The summed E-state index contributed by atoms with van der Waals surface area (Å²) < 4.78 is 0. The van der Waals surface area contributed by atoms with E-state index in [9.17, 15) is 4.79 Å². The Hall–Kier alpha value is -2.35. The number of benzene rings is 2. The van der Waals surface area contributed by atoms with Gasteiger partial charge in [-0.2, -0.15) is 0 Å².